The summed E-state index contributed by atoms with van der Waals surface area (Å²) in [4.78, 5) is 2.36. The van der Waals surface area contributed by atoms with E-state index in [0.29, 0.717) is 5.92 Å². The molecule has 0 spiro atoms. The Labute approximate surface area is 100 Å². The minimum atomic E-state index is 0.714. The molecule has 0 saturated heterocycles. The van der Waals surface area contributed by atoms with E-state index in [-0.39, 0.29) is 0 Å². The Morgan fingerprint density at radius 3 is 2.00 bits per heavy atom. The second kappa shape index (κ2) is 11.3. The molecule has 0 aliphatic heterocycles. The van der Waals surface area contributed by atoms with E-state index in [1.54, 1.807) is 14.2 Å². The molecule has 0 aliphatic rings. The SMILES string of the molecule is COCCN(CCNCC(C)C)CCOC. The summed E-state index contributed by atoms with van der Waals surface area (Å²) >= 11 is 0. The van der Waals surface area contributed by atoms with E-state index in [4.69, 9.17) is 9.47 Å². The van der Waals surface area contributed by atoms with Gasteiger partial charge >= 0.3 is 0 Å². The normalized spacial score (nSPS) is 11.6. The summed E-state index contributed by atoms with van der Waals surface area (Å²) in [6, 6.07) is 0. The molecule has 0 bridgehead atoms. The van der Waals surface area contributed by atoms with Crippen molar-refractivity contribution < 1.29 is 9.47 Å². The van der Waals surface area contributed by atoms with Crippen LogP contribution in [0.4, 0.5) is 0 Å². The number of nitrogens with zero attached hydrogens (tertiary/aromatic N) is 1. The van der Waals surface area contributed by atoms with Crippen molar-refractivity contribution in [2.24, 2.45) is 5.92 Å². The van der Waals surface area contributed by atoms with Crippen molar-refractivity contribution in [3.8, 4) is 0 Å². The zero-order valence-electron chi connectivity index (χ0n) is 11.3. The molecule has 98 valence electrons. The molecule has 16 heavy (non-hydrogen) atoms. The number of hydrogen-bond acceptors (Lipinski definition) is 4. The van der Waals surface area contributed by atoms with E-state index in [9.17, 15) is 0 Å². The van der Waals surface area contributed by atoms with Gasteiger partial charge in [-0.1, -0.05) is 13.8 Å². The fourth-order valence-electron chi connectivity index (χ4n) is 1.40. The van der Waals surface area contributed by atoms with Crippen molar-refractivity contribution in [1.82, 2.24) is 10.2 Å². The van der Waals surface area contributed by atoms with Gasteiger partial charge in [-0.05, 0) is 12.5 Å². The van der Waals surface area contributed by atoms with Crippen LogP contribution in [0.5, 0.6) is 0 Å². The minimum Gasteiger partial charge on any atom is -0.383 e. The average Bonchev–Trinajstić information content (AvgIpc) is 2.26. The molecule has 0 unspecified atom stereocenters. The van der Waals surface area contributed by atoms with Gasteiger partial charge in [0.1, 0.15) is 0 Å². The number of nitrogens with one attached hydrogen (secondary N) is 1. The molecular weight excluding hydrogens is 204 g/mol. The largest absolute Gasteiger partial charge is 0.383 e. The summed E-state index contributed by atoms with van der Waals surface area (Å²) in [5, 5.41) is 3.44. The van der Waals surface area contributed by atoms with Gasteiger partial charge in [0.2, 0.25) is 0 Å². The Kier molecular flexibility index (Phi) is 11.2. The minimum absolute atomic E-state index is 0.714. The molecule has 0 fully saturated rings. The van der Waals surface area contributed by atoms with Crippen LogP contribution in [0, 0.1) is 5.92 Å². The lowest BCUT2D eigenvalue weighted by atomic mass is 10.2. The van der Waals surface area contributed by atoms with E-state index in [1.807, 2.05) is 0 Å². The van der Waals surface area contributed by atoms with Crippen LogP contribution in [0.3, 0.4) is 0 Å². The third kappa shape index (κ3) is 10.4. The van der Waals surface area contributed by atoms with Crippen LogP contribution in [-0.2, 0) is 9.47 Å². The molecule has 0 aliphatic carbocycles. The van der Waals surface area contributed by atoms with E-state index in [0.717, 1.165) is 45.9 Å². The van der Waals surface area contributed by atoms with Crippen LogP contribution in [-0.4, -0.2) is 65.1 Å². The lowest BCUT2D eigenvalue weighted by molar-refractivity contribution is 0.114. The van der Waals surface area contributed by atoms with Crippen molar-refractivity contribution in [3.05, 3.63) is 0 Å². The molecule has 4 nitrogen and oxygen atoms in total. The summed E-state index contributed by atoms with van der Waals surface area (Å²) in [5.74, 6) is 0.714. The summed E-state index contributed by atoms with van der Waals surface area (Å²) < 4.78 is 10.2. The Hall–Kier alpha value is -0.160. The maximum atomic E-state index is 5.09. The molecule has 0 aromatic carbocycles. The van der Waals surface area contributed by atoms with Gasteiger partial charge in [-0.2, -0.15) is 0 Å². The number of ether oxygens (including phenoxy) is 2. The first-order valence-electron chi connectivity index (χ1n) is 6.11. The Balaban J connectivity index is 3.56. The van der Waals surface area contributed by atoms with Gasteiger partial charge in [0, 0.05) is 40.4 Å². The van der Waals surface area contributed by atoms with Gasteiger partial charge < -0.3 is 14.8 Å². The Morgan fingerprint density at radius 2 is 1.56 bits per heavy atom. The van der Waals surface area contributed by atoms with Crippen molar-refractivity contribution in [2.45, 2.75) is 13.8 Å². The highest BCUT2D eigenvalue weighted by Gasteiger charge is 2.03. The van der Waals surface area contributed by atoms with Crippen molar-refractivity contribution in [3.63, 3.8) is 0 Å². The smallest absolute Gasteiger partial charge is 0.0589 e. The Bertz CT molecular complexity index is 135. The molecule has 1 N–H and O–H groups in total. The van der Waals surface area contributed by atoms with Crippen molar-refractivity contribution >= 4 is 0 Å². The van der Waals surface area contributed by atoms with Crippen molar-refractivity contribution in [2.75, 3.05) is 60.2 Å². The maximum Gasteiger partial charge on any atom is 0.0589 e. The molecular formula is C12H28N2O2. The first-order chi connectivity index (χ1) is 7.70. The first-order valence-corrected chi connectivity index (χ1v) is 6.11. The summed E-state index contributed by atoms with van der Waals surface area (Å²) in [6.07, 6.45) is 0. The predicted molar refractivity (Wildman–Crippen MR) is 67.9 cm³/mol. The van der Waals surface area contributed by atoms with Crippen LogP contribution >= 0.6 is 0 Å². The highest BCUT2D eigenvalue weighted by molar-refractivity contribution is 4.60. The number of methoxy groups -OCH3 is 2. The fraction of sp³-hybridized carbons (Fsp3) is 1.00. The lowest BCUT2D eigenvalue weighted by Gasteiger charge is -2.21. The first kappa shape index (κ1) is 15.8. The van der Waals surface area contributed by atoms with Gasteiger partial charge in [-0.15, -0.1) is 0 Å². The molecule has 0 radical (unpaired) electrons. The van der Waals surface area contributed by atoms with Crippen molar-refractivity contribution in [1.29, 1.82) is 0 Å². The maximum absolute atomic E-state index is 5.09. The second-order valence-electron chi connectivity index (χ2n) is 4.43. The molecule has 0 saturated carbocycles. The van der Waals surface area contributed by atoms with Crippen LogP contribution in [0.25, 0.3) is 0 Å². The average molecular weight is 232 g/mol. The van der Waals surface area contributed by atoms with Gasteiger partial charge in [0.05, 0.1) is 13.2 Å². The molecule has 4 heteroatoms. The third-order valence-electron chi connectivity index (χ3n) is 2.38. The molecule has 0 rings (SSSR count). The summed E-state index contributed by atoms with van der Waals surface area (Å²) in [5.41, 5.74) is 0. The monoisotopic (exact) mass is 232 g/mol. The second-order valence-corrected chi connectivity index (χ2v) is 4.43. The van der Waals surface area contributed by atoms with E-state index >= 15 is 0 Å². The quantitative estimate of drug-likeness (QED) is 0.535. The molecule has 0 heterocycles. The van der Waals surface area contributed by atoms with Gasteiger partial charge in [-0.25, -0.2) is 0 Å². The highest BCUT2D eigenvalue weighted by Crippen LogP contribution is 1.90. The predicted octanol–water partition coefficient (Wildman–Crippen LogP) is 0.827. The van der Waals surface area contributed by atoms with Gasteiger partial charge in [0.15, 0.2) is 0 Å². The van der Waals surface area contributed by atoms with Gasteiger partial charge in [0.25, 0.3) is 0 Å². The zero-order valence-corrected chi connectivity index (χ0v) is 11.3. The summed E-state index contributed by atoms with van der Waals surface area (Å²) in [7, 11) is 3.48. The molecule has 0 aromatic heterocycles. The topological polar surface area (TPSA) is 33.7 Å². The fourth-order valence-corrected chi connectivity index (χ4v) is 1.40. The van der Waals surface area contributed by atoms with Crippen LogP contribution in [0.15, 0.2) is 0 Å². The third-order valence-corrected chi connectivity index (χ3v) is 2.38. The molecule has 0 atom stereocenters. The van der Waals surface area contributed by atoms with E-state index < -0.39 is 0 Å². The zero-order chi connectivity index (χ0) is 12.2. The standard InChI is InChI=1S/C12H28N2O2/c1-12(2)11-13-5-6-14(7-9-15-3)8-10-16-4/h12-13H,5-11H2,1-4H3. The lowest BCUT2D eigenvalue weighted by Crippen LogP contribution is -2.37. The summed E-state index contributed by atoms with van der Waals surface area (Å²) in [6.45, 7) is 11.1. The highest BCUT2D eigenvalue weighted by atomic mass is 16.5. The number of rotatable bonds is 11. The van der Waals surface area contributed by atoms with E-state index in [1.165, 1.54) is 0 Å². The van der Waals surface area contributed by atoms with E-state index in [2.05, 4.69) is 24.1 Å². The number of hydrogen-bond donors (Lipinski definition) is 1. The van der Waals surface area contributed by atoms with Crippen LogP contribution in [0.1, 0.15) is 13.8 Å². The van der Waals surface area contributed by atoms with Crippen LogP contribution in [0.2, 0.25) is 0 Å². The molecule has 0 aromatic rings. The molecule has 0 amide bonds. The Morgan fingerprint density at radius 1 is 1.00 bits per heavy atom. The van der Waals surface area contributed by atoms with Crippen LogP contribution < -0.4 is 5.32 Å². The van der Waals surface area contributed by atoms with Gasteiger partial charge in [-0.3, -0.25) is 4.90 Å².